The molecule has 4 nitrogen and oxygen atoms in total. The molecule has 0 radical (unpaired) electrons. The Balaban J connectivity index is 1.54. The van der Waals surface area contributed by atoms with E-state index in [1.54, 1.807) is 11.3 Å². The molecule has 0 bridgehead atoms. The summed E-state index contributed by atoms with van der Waals surface area (Å²) < 4.78 is 0. The van der Waals surface area contributed by atoms with E-state index >= 15 is 0 Å². The third kappa shape index (κ3) is 3.31. The van der Waals surface area contributed by atoms with Gasteiger partial charge in [-0.3, -0.25) is 4.79 Å². The fourth-order valence-electron chi connectivity index (χ4n) is 2.34. The minimum absolute atomic E-state index is 0.0491. The van der Waals surface area contributed by atoms with Gasteiger partial charge < -0.3 is 10.3 Å². The highest BCUT2D eigenvalue weighted by Gasteiger charge is 2.08. The molecule has 3 rings (SSSR count). The van der Waals surface area contributed by atoms with Crippen molar-refractivity contribution < 1.29 is 4.79 Å². The molecule has 0 aliphatic rings. The number of rotatable bonds is 5. The summed E-state index contributed by atoms with van der Waals surface area (Å²) in [5, 5.41) is 5.14. The Hall–Kier alpha value is -2.14. The van der Waals surface area contributed by atoms with Gasteiger partial charge in [-0.15, -0.1) is 11.3 Å². The number of H-pyrrole nitrogens is 1. The normalized spacial score (nSPS) is 10.9. The SMILES string of the molecule is Cc1cnc(CCNC(=O)Cc2c[nH]c3ccccc23)s1. The van der Waals surface area contributed by atoms with Crippen LogP contribution in [0.4, 0.5) is 0 Å². The Morgan fingerprint density at radius 1 is 1.38 bits per heavy atom. The number of carbonyl (C=O) groups excluding carboxylic acids is 1. The molecule has 0 aliphatic carbocycles. The van der Waals surface area contributed by atoms with Gasteiger partial charge in [0.25, 0.3) is 0 Å². The maximum Gasteiger partial charge on any atom is 0.224 e. The molecular formula is C16H17N3OS. The van der Waals surface area contributed by atoms with Crippen LogP contribution in [0.25, 0.3) is 10.9 Å². The van der Waals surface area contributed by atoms with Crippen molar-refractivity contribution in [3.63, 3.8) is 0 Å². The molecule has 21 heavy (non-hydrogen) atoms. The maximum absolute atomic E-state index is 12.0. The predicted molar refractivity (Wildman–Crippen MR) is 85.6 cm³/mol. The fourth-order valence-corrected chi connectivity index (χ4v) is 3.13. The highest BCUT2D eigenvalue weighted by molar-refractivity contribution is 7.11. The lowest BCUT2D eigenvalue weighted by Crippen LogP contribution is -2.27. The first-order valence-electron chi connectivity index (χ1n) is 6.95. The first-order valence-corrected chi connectivity index (χ1v) is 7.77. The van der Waals surface area contributed by atoms with Crippen molar-refractivity contribution in [1.82, 2.24) is 15.3 Å². The van der Waals surface area contributed by atoms with Gasteiger partial charge in [-0.2, -0.15) is 0 Å². The number of hydrogen-bond donors (Lipinski definition) is 2. The van der Waals surface area contributed by atoms with Crippen molar-refractivity contribution in [2.75, 3.05) is 6.54 Å². The lowest BCUT2D eigenvalue weighted by Gasteiger charge is -2.03. The average Bonchev–Trinajstić information content (AvgIpc) is 3.06. The number of aromatic nitrogens is 2. The topological polar surface area (TPSA) is 57.8 Å². The number of aromatic amines is 1. The first-order chi connectivity index (χ1) is 10.2. The van der Waals surface area contributed by atoms with Crippen LogP contribution in [0, 0.1) is 6.92 Å². The van der Waals surface area contributed by atoms with Crippen LogP contribution in [-0.2, 0) is 17.6 Å². The Kier molecular flexibility index (Phi) is 4.01. The van der Waals surface area contributed by atoms with Crippen molar-refractivity contribution in [3.05, 3.63) is 52.1 Å². The van der Waals surface area contributed by atoms with E-state index in [2.05, 4.69) is 15.3 Å². The van der Waals surface area contributed by atoms with Crippen molar-refractivity contribution in [1.29, 1.82) is 0 Å². The van der Waals surface area contributed by atoms with E-state index in [4.69, 9.17) is 0 Å². The molecule has 0 fully saturated rings. The molecule has 108 valence electrons. The van der Waals surface area contributed by atoms with Crippen molar-refractivity contribution in [2.24, 2.45) is 0 Å². The molecule has 0 aliphatic heterocycles. The summed E-state index contributed by atoms with van der Waals surface area (Å²) in [5.74, 6) is 0.0491. The molecule has 3 aromatic rings. The number of fused-ring (bicyclic) bond motifs is 1. The predicted octanol–water partition coefficient (Wildman–Crippen LogP) is 2.83. The second-order valence-corrected chi connectivity index (χ2v) is 6.32. The summed E-state index contributed by atoms with van der Waals surface area (Å²) in [5.41, 5.74) is 2.10. The molecule has 5 heteroatoms. The monoisotopic (exact) mass is 299 g/mol. The molecule has 0 atom stereocenters. The van der Waals surface area contributed by atoms with Gasteiger partial charge in [0.15, 0.2) is 0 Å². The second kappa shape index (κ2) is 6.10. The number of amides is 1. The maximum atomic E-state index is 12.0. The number of thiazole rings is 1. The molecule has 0 unspecified atom stereocenters. The average molecular weight is 299 g/mol. The Morgan fingerprint density at radius 2 is 2.24 bits per heavy atom. The van der Waals surface area contributed by atoms with Gasteiger partial charge in [0.1, 0.15) is 0 Å². The van der Waals surface area contributed by atoms with E-state index in [0.717, 1.165) is 27.9 Å². The molecule has 1 aromatic carbocycles. The molecule has 2 N–H and O–H groups in total. The van der Waals surface area contributed by atoms with Crippen molar-refractivity contribution in [3.8, 4) is 0 Å². The minimum Gasteiger partial charge on any atom is -0.361 e. The number of nitrogens with one attached hydrogen (secondary N) is 2. The van der Waals surface area contributed by atoms with Crippen LogP contribution in [0.3, 0.4) is 0 Å². The second-order valence-electron chi connectivity index (χ2n) is 5.00. The molecule has 0 saturated carbocycles. The lowest BCUT2D eigenvalue weighted by molar-refractivity contribution is -0.120. The summed E-state index contributed by atoms with van der Waals surface area (Å²) >= 11 is 1.68. The number of nitrogens with zero attached hydrogens (tertiary/aromatic N) is 1. The number of benzene rings is 1. The fraction of sp³-hybridized carbons (Fsp3) is 0.250. The standard InChI is InChI=1S/C16H17N3OS/c1-11-9-19-16(21-11)6-7-17-15(20)8-12-10-18-14-5-3-2-4-13(12)14/h2-5,9-10,18H,6-8H2,1H3,(H,17,20). The minimum atomic E-state index is 0.0491. The zero-order valence-corrected chi connectivity index (χ0v) is 12.7. The quantitative estimate of drug-likeness (QED) is 0.761. The van der Waals surface area contributed by atoms with E-state index in [0.29, 0.717) is 13.0 Å². The van der Waals surface area contributed by atoms with Crippen LogP contribution in [0.2, 0.25) is 0 Å². The molecular weight excluding hydrogens is 282 g/mol. The van der Waals surface area contributed by atoms with E-state index < -0.39 is 0 Å². The molecule has 1 amide bonds. The van der Waals surface area contributed by atoms with Crippen LogP contribution in [-0.4, -0.2) is 22.4 Å². The smallest absolute Gasteiger partial charge is 0.224 e. The number of para-hydroxylation sites is 1. The van der Waals surface area contributed by atoms with Gasteiger partial charge in [-0.1, -0.05) is 18.2 Å². The molecule has 0 saturated heterocycles. The van der Waals surface area contributed by atoms with E-state index in [1.807, 2.05) is 43.6 Å². The van der Waals surface area contributed by atoms with Crippen LogP contribution < -0.4 is 5.32 Å². The van der Waals surface area contributed by atoms with Gasteiger partial charge in [-0.25, -0.2) is 4.98 Å². The van der Waals surface area contributed by atoms with Gasteiger partial charge >= 0.3 is 0 Å². The van der Waals surface area contributed by atoms with Crippen LogP contribution >= 0.6 is 11.3 Å². The van der Waals surface area contributed by atoms with Gasteiger partial charge in [0.05, 0.1) is 11.4 Å². The van der Waals surface area contributed by atoms with Gasteiger partial charge in [0, 0.05) is 41.1 Å². The lowest BCUT2D eigenvalue weighted by atomic mass is 10.1. The van der Waals surface area contributed by atoms with E-state index in [1.165, 1.54) is 4.88 Å². The first kappa shape index (κ1) is 13.8. The zero-order chi connectivity index (χ0) is 14.7. The van der Waals surface area contributed by atoms with Crippen molar-refractivity contribution in [2.45, 2.75) is 19.8 Å². The zero-order valence-electron chi connectivity index (χ0n) is 11.8. The Morgan fingerprint density at radius 3 is 3.05 bits per heavy atom. The Labute approximate surface area is 127 Å². The van der Waals surface area contributed by atoms with Crippen molar-refractivity contribution >= 4 is 28.1 Å². The highest BCUT2D eigenvalue weighted by Crippen LogP contribution is 2.18. The summed E-state index contributed by atoms with van der Waals surface area (Å²) in [6.45, 7) is 2.67. The summed E-state index contributed by atoms with van der Waals surface area (Å²) in [6.07, 6.45) is 4.97. The number of aryl methyl sites for hydroxylation is 1. The van der Waals surface area contributed by atoms with Crippen LogP contribution in [0.15, 0.2) is 36.7 Å². The largest absolute Gasteiger partial charge is 0.361 e. The summed E-state index contributed by atoms with van der Waals surface area (Å²) in [6, 6.07) is 8.02. The molecule has 2 heterocycles. The summed E-state index contributed by atoms with van der Waals surface area (Å²) in [7, 11) is 0. The van der Waals surface area contributed by atoms with Crippen LogP contribution in [0.1, 0.15) is 15.4 Å². The number of hydrogen-bond acceptors (Lipinski definition) is 3. The number of carbonyl (C=O) groups is 1. The van der Waals surface area contributed by atoms with Crippen LogP contribution in [0.5, 0.6) is 0 Å². The van der Waals surface area contributed by atoms with E-state index in [9.17, 15) is 4.79 Å². The van der Waals surface area contributed by atoms with Gasteiger partial charge in [-0.05, 0) is 18.6 Å². The molecule has 2 aromatic heterocycles. The van der Waals surface area contributed by atoms with E-state index in [-0.39, 0.29) is 5.91 Å². The van der Waals surface area contributed by atoms with Gasteiger partial charge in [0.2, 0.25) is 5.91 Å². The molecule has 0 spiro atoms. The summed E-state index contributed by atoms with van der Waals surface area (Å²) in [4.78, 5) is 20.7. The third-order valence-electron chi connectivity index (χ3n) is 3.36. The Bertz CT molecular complexity index is 760. The highest BCUT2D eigenvalue weighted by atomic mass is 32.1. The third-order valence-corrected chi connectivity index (χ3v) is 4.33.